The summed E-state index contributed by atoms with van der Waals surface area (Å²) in [6.45, 7) is 4.07. The summed E-state index contributed by atoms with van der Waals surface area (Å²) in [6, 6.07) is 0.333. The Hall–Kier alpha value is -1.47. The van der Waals surface area contributed by atoms with Gasteiger partial charge in [0, 0.05) is 33.2 Å². The fourth-order valence-corrected chi connectivity index (χ4v) is 2.30. The van der Waals surface area contributed by atoms with Gasteiger partial charge in [-0.25, -0.2) is 0 Å². The van der Waals surface area contributed by atoms with Crippen LogP contribution < -0.4 is 0 Å². The summed E-state index contributed by atoms with van der Waals surface area (Å²) in [5.41, 5.74) is 0. The summed E-state index contributed by atoms with van der Waals surface area (Å²) in [5.74, 6) is 1.31. The minimum Gasteiger partial charge on any atom is -0.375 e. The molecule has 1 aromatic heterocycles. The first kappa shape index (κ1) is 14.0. The third-order valence-corrected chi connectivity index (χ3v) is 3.37. The number of aromatic nitrogens is 2. The molecule has 1 aromatic rings. The predicted molar refractivity (Wildman–Crippen MR) is 67.4 cm³/mol. The topological polar surface area (TPSA) is 71.7 Å². The van der Waals surface area contributed by atoms with Gasteiger partial charge in [-0.3, -0.25) is 9.69 Å². The number of aryl methyl sites for hydroxylation is 1. The highest BCUT2D eigenvalue weighted by Crippen LogP contribution is 2.16. The zero-order valence-corrected chi connectivity index (χ0v) is 11.6. The Balaban J connectivity index is 1.84. The monoisotopic (exact) mass is 268 g/mol. The molecule has 1 aliphatic rings. The van der Waals surface area contributed by atoms with E-state index < -0.39 is 0 Å². The van der Waals surface area contributed by atoms with Crippen LogP contribution in [-0.2, 0) is 16.1 Å². The number of ether oxygens (including phenoxy) is 1. The van der Waals surface area contributed by atoms with Gasteiger partial charge in [0.1, 0.15) is 6.61 Å². The van der Waals surface area contributed by atoms with Gasteiger partial charge in [0.25, 0.3) is 0 Å². The van der Waals surface area contributed by atoms with Crippen LogP contribution in [0.3, 0.4) is 0 Å². The Labute approximate surface area is 112 Å². The predicted octanol–water partition coefficient (Wildman–Crippen LogP) is 0.0571. The largest absolute Gasteiger partial charge is 0.375 e. The molecule has 1 aliphatic heterocycles. The van der Waals surface area contributed by atoms with Crippen molar-refractivity contribution in [3.63, 3.8) is 0 Å². The zero-order valence-electron chi connectivity index (χ0n) is 11.6. The average molecular weight is 268 g/mol. The van der Waals surface area contributed by atoms with E-state index in [1.54, 1.807) is 6.92 Å². The normalized spacial score (nSPS) is 19.4. The maximum atomic E-state index is 11.7. The van der Waals surface area contributed by atoms with Crippen LogP contribution in [-0.4, -0.2) is 65.7 Å². The number of hydrogen-bond acceptors (Lipinski definition) is 6. The molecule has 1 fully saturated rings. The smallest absolute Gasteiger partial charge is 0.248 e. The van der Waals surface area contributed by atoms with E-state index in [9.17, 15) is 4.79 Å². The maximum Gasteiger partial charge on any atom is 0.248 e. The molecule has 106 valence electrons. The molecule has 1 atom stereocenters. The molecular formula is C12H20N4O3. The van der Waals surface area contributed by atoms with Crippen LogP contribution in [0.4, 0.5) is 0 Å². The molecule has 1 unspecified atom stereocenters. The number of methoxy groups -OCH3 is 1. The molecular weight excluding hydrogens is 248 g/mol. The van der Waals surface area contributed by atoms with E-state index >= 15 is 0 Å². The van der Waals surface area contributed by atoms with Gasteiger partial charge in [-0.2, -0.15) is 4.98 Å². The standard InChI is InChI=1S/C12H20N4O3/c1-9-13-11(14-19-9)7-15(2)10-4-5-16(6-10)12(17)8-18-3/h10H,4-8H2,1-3H3. The van der Waals surface area contributed by atoms with Gasteiger partial charge < -0.3 is 14.2 Å². The third kappa shape index (κ3) is 3.51. The lowest BCUT2D eigenvalue weighted by Crippen LogP contribution is -2.37. The molecule has 1 saturated heterocycles. The first-order valence-electron chi connectivity index (χ1n) is 6.36. The van der Waals surface area contributed by atoms with Gasteiger partial charge in [-0.05, 0) is 13.5 Å². The SMILES string of the molecule is COCC(=O)N1CCC(N(C)Cc2noc(C)n2)C1. The summed E-state index contributed by atoms with van der Waals surface area (Å²) in [7, 11) is 3.55. The molecule has 1 amide bonds. The van der Waals surface area contributed by atoms with Gasteiger partial charge in [0.2, 0.25) is 11.8 Å². The summed E-state index contributed by atoms with van der Waals surface area (Å²) in [4.78, 5) is 19.9. The zero-order chi connectivity index (χ0) is 13.8. The third-order valence-electron chi connectivity index (χ3n) is 3.37. The minimum absolute atomic E-state index is 0.0498. The lowest BCUT2D eigenvalue weighted by Gasteiger charge is -2.23. The van der Waals surface area contributed by atoms with Crippen molar-refractivity contribution in [2.24, 2.45) is 0 Å². The number of carbonyl (C=O) groups excluding carboxylic acids is 1. The number of likely N-dealkylation sites (tertiary alicyclic amines) is 1. The van der Waals surface area contributed by atoms with Crippen molar-refractivity contribution in [1.29, 1.82) is 0 Å². The van der Waals surface area contributed by atoms with Crippen molar-refractivity contribution < 1.29 is 14.1 Å². The van der Waals surface area contributed by atoms with E-state index in [-0.39, 0.29) is 12.5 Å². The molecule has 0 radical (unpaired) electrons. The number of likely N-dealkylation sites (N-methyl/N-ethyl adjacent to an activating group) is 1. The van der Waals surface area contributed by atoms with E-state index in [1.165, 1.54) is 7.11 Å². The Bertz CT molecular complexity index is 434. The van der Waals surface area contributed by atoms with E-state index in [1.807, 2.05) is 11.9 Å². The van der Waals surface area contributed by atoms with Crippen LogP contribution in [0.25, 0.3) is 0 Å². The van der Waals surface area contributed by atoms with Gasteiger partial charge in [-0.1, -0.05) is 5.16 Å². The summed E-state index contributed by atoms with van der Waals surface area (Å²) in [6.07, 6.45) is 0.961. The van der Waals surface area contributed by atoms with E-state index in [0.717, 1.165) is 19.5 Å². The van der Waals surface area contributed by atoms with Gasteiger partial charge in [0.05, 0.1) is 6.54 Å². The van der Waals surface area contributed by atoms with Crippen molar-refractivity contribution in [3.8, 4) is 0 Å². The number of carbonyl (C=O) groups is 1. The second-order valence-corrected chi connectivity index (χ2v) is 4.86. The van der Waals surface area contributed by atoms with Gasteiger partial charge >= 0.3 is 0 Å². The quantitative estimate of drug-likeness (QED) is 0.752. The molecule has 0 saturated carbocycles. The Morgan fingerprint density at radius 2 is 2.42 bits per heavy atom. The maximum absolute atomic E-state index is 11.7. The first-order chi connectivity index (χ1) is 9.10. The average Bonchev–Trinajstić information content (AvgIpc) is 2.98. The van der Waals surface area contributed by atoms with Crippen molar-refractivity contribution in [2.75, 3.05) is 33.9 Å². The molecule has 7 nitrogen and oxygen atoms in total. The number of hydrogen-bond donors (Lipinski definition) is 0. The lowest BCUT2D eigenvalue weighted by atomic mass is 10.2. The fourth-order valence-electron chi connectivity index (χ4n) is 2.30. The van der Waals surface area contributed by atoms with Crippen LogP contribution in [0.1, 0.15) is 18.1 Å². The Morgan fingerprint density at radius 3 is 3.05 bits per heavy atom. The second kappa shape index (κ2) is 6.12. The molecule has 0 bridgehead atoms. The van der Waals surface area contributed by atoms with Crippen LogP contribution in [0, 0.1) is 6.92 Å². The molecule has 0 aliphatic carbocycles. The lowest BCUT2D eigenvalue weighted by molar-refractivity contribution is -0.134. The molecule has 0 N–H and O–H groups in total. The number of amides is 1. The first-order valence-corrected chi connectivity index (χ1v) is 6.36. The van der Waals surface area contributed by atoms with Crippen LogP contribution in [0.5, 0.6) is 0 Å². The molecule has 19 heavy (non-hydrogen) atoms. The molecule has 7 heteroatoms. The van der Waals surface area contributed by atoms with Crippen molar-refractivity contribution in [2.45, 2.75) is 25.9 Å². The highest BCUT2D eigenvalue weighted by Gasteiger charge is 2.29. The summed E-state index contributed by atoms with van der Waals surface area (Å²) >= 11 is 0. The van der Waals surface area contributed by atoms with Crippen LogP contribution in [0.2, 0.25) is 0 Å². The summed E-state index contributed by atoms with van der Waals surface area (Å²) in [5, 5.41) is 3.88. The minimum atomic E-state index is 0.0498. The van der Waals surface area contributed by atoms with E-state index in [2.05, 4.69) is 15.0 Å². The van der Waals surface area contributed by atoms with E-state index in [4.69, 9.17) is 9.26 Å². The van der Waals surface area contributed by atoms with Crippen molar-refractivity contribution in [3.05, 3.63) is 11.7 Å². The molecule has 0 aromatic carbocycles. The number of nitrogens with zero attached hydrogens (tertiary/aromatic N) is 4. The molecule has 2 heterocycles. The summed E-state index contributed by atoms with van der Waals surface area (Å²) < 4.78 is 9.82. The Kier molecular flexibility index (Phi) is 4.49. The van der Waals surface area contributed by atoms with E-state index in [0.29, 0.717) is 24.3 Å². The Morgan fingerprint density at radius 1 is 1.63 bits per heavy atom. The highest BCUT2D eigenvalue weighted by atomic mass is 16.5. The van der Waals surface area contributed by atoms with Crippen molar-refractivity contribution >= 4 is 5.91 Å². The highest BCUT2D eigenvalue weighted by molar-refractivity contribution is 5.77. The molecule has 2 rings (SSSR count). The van der Waals surface area contributed by atoms with Gasteiger partial charge in [-0.15, -0.1) is 0 Å². The number of rotatable bonds is 5. The van der Waals surface area contributed by atoms with Crippen LogP contribution in [0.15, 0.2) is 4.52 Å². The van der Waals surface area contributed by atoms with Crippen molar-refractivity contribution in [1.82, 2.24) is 19.9 Å². The molecule has 0 spiro atoms. The second-order valence-electron chi connectivity index (χ2n) is 4.86. The fraction of sp³-hybridized carbons (Fsp3) is 0.750. The van der Waals surface area contributed by atoms with Crippen LogP contribution >= 0.6 is 0 Å². The van der Waals surface area contributed by atoms with Gasteiger partial charge in [0.15, 0.2) is 5.82 Å².